The molecule has 1 aliphatic carbocycles. The minimum Gasteiger partial charge on any atom is -0.330 e. The van der Waals surface area contributed by atoms with Crippen LogP contribution in [0, 0.1) is 5.92 Å². The molecular weight excluding hydrogens is 234 g/mol. The van der Waals surface area contributed by atoms with Gasteiger partial charge >= 0.3 is 0 Å². The molecule has 0 aliphatic heterocycles. The van der Waals surface area contributed by atoms with E-state index in [1.54, 1.807) is 0 Å². The van der Waals surface area contributed by atoms with Crippen LogP contribution in [0.4, 0.5) is 0 Å². The molecule has 0 spiro atoms. The van der Waals surface area contributed by atoms with Crippen molar-refractivity contribution < 1.29 is 0 Å². The van der Waals surface area contributed by atoms with Gasteiger partial charge < -0.3 is 9.88 Å². The normalized spacial score (nSPS) is 24.6. The number of aromatic nitrogens is 2. The van der Waals surface area contributed by atoms with E-state index in [2.05, 4.69) is 35.6 Å². The molecule has 1 aromatic heterocycles. The summed E-state index contributed by atoms with van der Waals surface area (Å²) < 4.78 is 2.42. The van der Waals surface area contributed by atoms with Gasteiger partial charge in [-0.1, -0.05) is 19.8 Å². The van der Waals surface area contributed by atoms with E-state index in [0.29, 0.717) is 6.04 Å². The number of nitrogens with one attached hydrogen (secondary N) is 1. The third-order valence-electron chi connectivity index (χ3n) is 4.84. The summed E-state index contributed by atoms with van der Waals surface area (Å²) in [5.74, 6) is 0.963. The summed E-state index contributed by atoms with van der Waals surface area (Å²) >= 11 is 0. The molecule has 0 saturated heterocycles. The first-order valence-corrected chi connectivity index (χ1v) is 7.79. The van der Waals surface area contributed by atoms with Crippen molar-refractivity contribution in [2.24, 2.45) is 5.92 Å². The first kappa shape index (κ1) is 14.6. The van der Waals surface area contributed by atoms with Crippen LogP contribution in [0.25, 0.3) is 0 Å². The zero-order chi connectivity index (χ0) is 13.9. The van der Waals surface area contributed by atoms with E-state index in [9.17, 15) is 0 Å². The largest absolute Gasteiger partial charge is 0.330 e. The van der Waals surface area contributed by atoms with Crippen LogP contribution in [-0.4, -0.2) is 16.6 Å². The van der Waals surface area contributed by atoms with E-state index in [0.717, 1.165) is 5.92 Å². The monoisotopic (exact) mass is 263 g/mol. The molecule has 0 atom stereocenters. The summed E-state index contributed by atoms with van der Waals surface area (Å²) in [6.45, 7) is 6.75. The first-order valence-electron chi connectivity index (χ1n) is 7.79. The molecular formula is C16H29N3. The Morgan fingerprint density at radius 3 is 2.58 bits per heavy atom. The van der Waals surface area contributed by atoms with Gasteiger partial charge in [0.15, 0.2) is 0 Å². The highest BCUT2D eigenvalue weighted by molar-refractivity contribution is 5.12. The molecule has 108 valence electrons. The highest BCUT2D eigenvalue weighted by Crippen LogP contribution is 2.36. The third kappa shape index (κ3) is 3.19. The predicted molar refractivity (Wildman–Crippen MR) is 80.2 cm³/mol. The SMILES string of the molecule is CCCC1CCC(n2cncc2C(C)(C)NC)CC1. The van der Waals surface area contributed by atoms with Gasteiger partial charge in [0.1, 0.15) is 0 Å². The van der Waals surface area contributed by atoms with Crippen LogP contribution in [0.2, 0.25) is 0 Å². The van der Waals surface area contributed by atoms with Gasteiger partial charge in [0.05, 0.1) is 23.8 Å². The van der Waals surface area contributed by atoms with E-state index < -0.39 is 0 Å². The average molecular weight is 263 g/mol. The standard InChI is InChI=1S/C16H29N3/c1-5-6-13-7-9-14(10-8-13)19-12-18-11-15(19)16(2,3)17-4/h11-14,17H,5-10H2,1-4H3. The smallest absolute Gasteiger partial charge is 0.0951 e. The Labute approximate surface area is 117 Å². The van der Waals surface area contributed by atoms with Crippen LogP contribution in [0.5, 0.6) is 0 Å². The maximum Gasteiger partial charge on any atom is 0.0951 e. The summed E-state index contributed by atoms with van der Waals surface area (Å²) in [4.78, 5) is 4.39. The molecule has 0 aromatic carbocycles. The van der Waals surface area contributed by atoms with Crippen LogP contribution in [0.3, 0.4) is 0 Å². The fraction of sp³-hybridized carbons (Fsp3) is 0.812. The lowest BCUT2D eigenvalue weighted by Crippen LogP contribution is -2.36. The Morgan fingerprint density at radius 2 is 2.00 bits per heavy atom. The molecule has 1 heterocycles. The van der Waals surface area contributed by atoms with E-state index in [1.165, 1.54) is 44.2 Å². The van der Waals surface area contributed by atoms with E-state index >= 15 is 0 Å². The number of hydrogen-bond acceptors (Lipinski definition) is 2. The Balaban J connectivity index is 2.06. The van der Waals surface area contributed by atoms with Crippen molar-refractivity contribution in [1.29, 1.82) is 0 Å². The molecule has 1 fully saturated rings. The van der Waals surface area contributed by atoms with Gasteiger partial charge in [-0.15, -0.1) is 0 Å². The Morgan fingerprint density at radius 1 is 1.32 bits per heavy atom. The highest BCUT2D eigenvalue weighted by atomic mass is 15.1. The fourth-order valence-electron chi connectivity index (χ4n) is 3.33. The Kier molecular flexibility index (Phi) is 4.67. The van der Waals surface area contributed by atoms with Gasteiger partial charge in [-0.2, -0.15) is 0 Å². The molecule has 0 unspecified atom stereocenters. The van der Waals surface area contributed by atoms with E-state index in [1.807, 2.05) is 19.6 Å². The van der Waals surface area contributed by atoms with Crippen LogP contribution >= 0.6 is 0 Å². The maximum absolute atomic E-state index is 4.39. The van der Waals surface area contributed by atoms with Gasteiger partial charge in [-0.05, 0) is 52.5 Å². The summed E-state index contributed by atoms with van der Waals surface area (Å²) in [6, 6.07) is 0.651. The summed E-state index contributed by atoms with van der Waals surface area (Å²) in [7, 11) is 2.02. The lowest BCUT2D eigenvalue weighted by molar-refractivity contribution is 0.250. The van der Waals surface area contributed by atoms with Crippen molar-refractivity contribution in [3.05, 3.63) is 18.2 Å². The van der Waals surface area contributed by atoms with Crippen LogP contribution in [-0.2, 0) is 5.54 Å². The molecule has 19 heavy (non-hydrogen) atoms. The maximum atomic E-state index is 4.39. The molecule has 0 amide bonds. The van der Waals surface area contributed by atoms with Crippen LogP contribution < -0.4 is 5.32 Å². The summed E-state index contributed by atoms with van der Waals surface area (Å²) in [5, 5.41) is 3.39. The van der Waals surface area contributed by atoms with E-state index in [4.69, 9.17) is 0 Å². The third-order valence-corrected chi connectivity index (χ3v) is 4.84. The predicted octanol–water partition coefficient (Wildman–Crippen LogP) is 3.87. The minimum atomic E-state index is -0.00321. The second kappa shape index (κ2) is 6.08. The number of nitrogens with zero attached hydrogens (tertiary/aromatic N) is 2. The lowest BCUT2D eigenvalue weighted by Gasteiger charge is -2.33. The average Bonchev–Trinajstić information content (AvgIpc) is 2.90. The molecule has 0 bridgehead atoms. The van der Waals surface area contributed by atoms with Crippen LogP contribution in [0.15, 0.2) is 12.5 Å². The van der Waals surface area contributed by atoms with Crippen molar-refractivity contribution >= 4 is 0 Å². The van der Waals surface area contributed by atoms with E-state index in [-0.39, 0.29) is 5.54 Å². The molecule has 1 saturated carbocycles. The first-order chi connectivity index (χ1) is 9.08. The highest BCUT2D eigenvalue weighted by Gasteiger charge is 2.28. The number of rotatable bonds is 5. The molecule has 3 nitrogen and oxygen atoms in total. The molecule has 3 heteroatoms. The van der Waals surface area contributed by atoms with Crippen molar-refractivity contribution in [1.82, 2.24) is 14.9 Å². The Bertz CT molecular complexity index is 386. The van der Waals surface area contributed by atoms with Gasteiger partial charge in [0, 0.05) is 6.04 Å². The second-order valence-electron chi connectivity index (χ2n) is 6.52. The summed E-state index contributed by atoms with van der Waals surface area (Å²) in [5.41, 5.74) is 1.31. The zero-order valence-electron chi connectivity index (χ0n) is 12.9. The number of hydrogen-bond donors (Lipinski definition) is 1. The van der Waals surface area contributed by atoms with Gasteiger partial charge in [-0.25, -0.2) is 4.98 Å². The molecule has 0 radical (unpaired) electrons. The van der Waals surface area contributed by atoms with Crippen molar-refractivity contribution in [3.63, 3.8) is 0 Å². The fourth-order valence-corrected chi connectivity index (χ4v) is 3.33. The lowest BCUT2D eigenvalue weighted by atomic mass is 9.83. The molecule has 1 aliphatic rings. The zero-order valence-corrected chi connectivity index (χ0v) is 12.9. The van der Waals surface area contributed by atoms with Gasteiger partial charge in [0.2, 0.25) is 0 Å². The van der Waals surface area contributed by atoms with Crippen molar-refractivity contribution in [2.45, 2.75) is 70.9 Å². The van der Waals surface area contributed by atoms with Crippen molar-refractivity contribution in [3.8, 4) is 0 Å². The molecule has 1 N–H and O–H groups in total. The number of imidazole rings is 1. The summed E-state index contributed by atoms with van der Waals surface area (Å²) in [6.07, 6.45) is 12.2. The quantitative estimate of drug-likeness (QED) is 0.874. The Hall–Kier alpha value is -0.830. The van der Waals surface area contributed by atoms with Gasteiger partial charge in [0.25, 0.3) is 0 Å². The van der Waals surface area contributed by atoms with Gasteiger partial charge in [-0.3, -0.25) is 0 Å². The van der Waals surface area contributed by atoms with Crippen molar-refractivity contribution in [2.75, 3.05) is 7.05 Å². The topological polar surface area (TPSA) is 29.9 Å². The molecule has 1 aromatic rings. The second-order valence-corrected chi connectivity index (χ2v) is 6.52. The minimum absolute atomic E-state index is 0.00321. The van der Waals surface area contributed by atoms with Crippen LogP contribution in [0.1, 0.15) is 71.0 Å². The molecule has 2 rings (SSSR count).